The van der Waals surface area contributed by atoms with E-state index in [-0.39, 0.29) is 43.1 Å². The lowest BCUT2D eigenvalue weighted by atomic mass is 9.99. The van der Waals surface area contributed by atoms with Gasteiger partial charge in [0.05, 0.1) is 30.4 Å². The molecule has 0 aliphatic carbocycles. The molecule has 45 heavy (non-hydrogen) atoms. The quantitative estimate of drug-likeness (QED) is 0.216. The Kier molecular flexibility index (Phi) is 9.24. The fourth-order valence-electron chi connectivity index (χ4n) is 5.35. The van der Waals surface area contributed by atoms with Gasteiger partial charge in [-0.1, -0.05) is 48.5 Å². The second kappa shape index (κ2) is 13.3. The van der Waals surface area contributed by atoms with Gasteiger partial charge in [-0.15, -0.1) is 0 Å². The third kappa shape index (κ3) is 6.86. The van der Waals surface area contributed by atoms with E-state index in [0.717, 1.165) is 10.8 Å². The van der Waals surface area contributed by atoms with Crippen molar-refractivity contribution >= 4 is 45.8 Å². The number of aryl methyl sites for hydroxylation is 2. The number of carbonyl (C=O) groups excluding carboxylic acids is 3. The van der Waals surface area contributed by atoms with Crippen LogP contribution in [0.25, 0.3) is 10.8 Å². The van der Waals surface area contributed by atoms with Gasteiger partial charge in [-0.05, 0) is 50.4 Å². The molecular formula is C33H38N6O6. The van der Waals surface area contributed by atoms with E-state index in [1.165, 1.54) is 0 Å². The number of nitrogens with one attached hydrogen (secondary N) is 3. The molecule has 12 heteroatoms. The zero-order chi connectivity index (χ0) is 32.2. The monoisotopic (exact) mass is 614 g/mol. The van der Waals surface area contributed by atoms with Crippen LogP contribution in [0.4, 0.5) is 26.7 Å². The first-order valence-electron chi connectivity index (χ1n) is 14.8. The van der Waals surface area contributed by atoms with Gasteiger partial charge in [0.25, 0.3) is 5.91 Å². The van der Waals surface area contributed by atoms with Crippen molar-refractivity contribution < 1.29 is 28.8 Å². The molecule has 2 heterocycles. The zero-order valence-electron chi connectivity index (χ0n) is 26.0. The molecule has 3 atom stereocenters. The molecule has 0 fully saturated rings. The summed E-state index contributed by atoms with van der Waals surface area (Å²) in [4.78, 5) is 43.0. The lowest BCUT2D eigenvalue weighted by Gasteiger charge is -2.38. The average molecular weight is 615 g/mol. The molecule has 0 unspecified atom stereocenters. The number of anilines is 3. The number of carbonyl (C=O) groups is 3. The number of likely N-dealkylation sites (N-methyl/N-ethyl adjacent to an activating group) is 1. The summed E-state index contributed by atoms with van der Waals surface area (Å²) in [5, 5.41) is 24.2. The van der Waals surface area contributed by atoms with Gasteiger partial charge in [0.1, 0.15) is 23.2 Å². The van der Waals surface area contributed by atoms with Gasteiger partial charge in [-0.3, -0.25) is 4.79 Å². The fraction of sp³-hybridized carbons (Fsp3) is 0.333. The van der Waals surface area contributed by atoms with Crippen LogP contribution in [0, 0.1) is 19.8 Å². The molecule has 236 valence electrons. The minimum Gasteiger partial charge on any atom is -0.487 e. The van der Waals surface area contributed by atoms with Crippen LogP contribution in [0.5, 0.6) is 5.75 Å². The molecule has 12 nitrogen and oxygen atoms in total. The minimum absolute atomic E-state index is 0.192. The minimum atomic E-state index is -0.533. The van der Waals surface area contributed by atoms with Crippen molar-refractivity contribution in [2.24, 2.45) is 5.92 Å². The Morgan fingerprint density at radius 1 is 1.09 bits per heavy atom. The number of benzene rings is 3. The van der Waals surface area contributed by atoms with E-state index in [4.69, 9.17) is 9.26 Å². The van der Waals surface area contributed by atoms with E-state index in [0.29, 0.717) is 34.3 Å². The van der Waals surface area contributed by atoms with Crippen molar-refractivity contribution in [1.29, 1.82) is 0 Å². The van der Waals surface area contributed by atoms with Crippen LogP contribution in [0.15, 0.2) is 65.2 Å². The van der Waals surface area contributed by atoms with Crippen LogP contribution >= 0.6 is 0 Å². The summed E-state index contributed by atoms with van der Waals surface area (Å²) in [6.45, 7) is 7.41. The Balaban J connectivity index is 1.36. The van der Waals surface area contributed by atoms with Gasteiger partial charge in [0.2, 0.25) is 0 Å². The molecule has 3 aromatic carbocycles. The number of hydrogen-bond acceptors (Lipinski definition) is 7. The molecule has 4 N–H and O–H groups in total. The fourth-order valence-corrected chi connectivity index (χ4v) is 5.35. The predicted molar refractivity (Wildman–Crippen MR) is 172 cm³/mol. The van der Waals surface area contributed by atoms with Gasteiger partial charge >= 0.3 is 12.1 Å². The number of amides is 5. The Bertz CT molecular complexity index is 1700. The molecule has 1 aromatic heterocycles. The first kappa shape index (κ1) is 31.3. The Morgan fingerprint density at radius 2 is 1.84 bits per heavy atom. The maximum Gasteiger partial charge on any atom is 0.323 e. The van der Waals surface area contributed by atoms with Gasteiger partial charge in [-0.25, -0.2) is 9.59 Å². The highest BCUT2D eigenvalue weighted by Gasteiger charge is 2.34. The number of rotatable bonds is 7. The smallest absolute Gasteiger partial charge is 0.323 e. The Labute approximate surface area is 261 Å². The number of aliphatic hydroxyl groups excluding tert-OH is 1. The molecule has 0 bridgehead atoms. The summed E-state index contributed by atoms with van der Waals surface area (Å²) >= 11 is 0. The zero-order valence-corrected chi connectivity index (χ0v) is 26.0. The highest BCUT2D eigenvalue weighted by Crippen LogP contribution is 2.31. The van der Waals surface area contributed by atoms with Crippen molar-refractivity contribution in [3.8, 4) is 5.75 Å². The van der Waals surface area contributed by atoms with Crippen LogP contribution in [0.3, 0.4) is 0 Å². The van der Waals surface area contributed by atoms with E-state index < -0.39 is 18.2 Å². The SMILES string of the molecule is Cc1noc(C)c1NC(=O)Nc1ccc2c(c1)C(=O)N([C@@H](C)CO)C[C@H](C)[C@H](CN(C)C(=O)Nc1cccc3ccccc13)O2. The molecule has 0 saturated carbocycles. The summed E-state index contributed by atoms with van der Waals surface area (Å²) in [6.07, 6.45) is -0.491. The normalized spacial score (nSPS) is 17.0. The number of aliphatic hydroxyl groups is 1. The van der Waals surface area contributed by atoms with Crippen LogP contribution < -0.4 is 20.7 Å². The second-order valence-corrected chi connectivity index (χ2v) is 11.4. The molecule has 5 rings (SSSR count). The number of nitrogens with zero attached hydrogens (tertiary/aromatic N) is 3. The van der Waals surface area contributed by atoms with Crippen LogP contribution in [-0.2, 0) is 0 Å². The molecule has 0 radical (unpaired) electrons. The van der Waals surface area contributed by atoms with E-state index in [1.54, 1.807) is 55.8 Å². The van der Waals surface area contributed by atoms with Crippen molar-refractivity contribution in [3.63, 3.8) is 0 Å². The number of aromatic nitrogens is 1. The van der Waals surface area contributed by atoms with Gasteiger partial charge < -0.3 is 40.1 Å². The molecule has 4 aromatic rings. The predicted octanol–water partition coefficient (Wildman–Crippen LogP) is 5.47. The number of hydrogen-bond donors (Lipinski definition) is 4. The molecule has 0 saturated heterocycles. The number of ether oxygens (including phenoxy) is 1. The van der Waals surface area contributed by atoms with Gasteiger partial charge in [0.15, 0.2) is 5.76 Å². The Morgan fingerprint density at radius 3 is 2.58 bits per heavy atom. The van der Waals surface area contributed by atoms with E-state index >= 15 is 0 Å². The van der Waals surface area contributed by atoms with Crippen molar-refractivity contribution in [2.75, 3.05) is 42.7 Å². The number of fused-ring (bicyclic) bond motifs is 2. The number of urea groups is 2. The van der Waals surface area contributed by atoms with E-state index in [1.807, 2.05) is 49.4 Å². The lowest BCUT2D eigenvalue weighted by molar-refractivity contribution is 0.0371. The van der Waals surface area contributed by atoms with Crippen molar-refractivity contribution in [3.05, 3.63) is 77.7 Å². The van der Waals surface area contributed by atoms with Crippen LogP contribution in [0.1, 0.15) is 35.7 Å². The molecule has 5 amide bonds. The maximum atomic E-state index is 13.8. The largest absolute Gasteiger partial charge is 0.487 e. The summed E-state index contributed by atoms with van der Waals surface area (Å²) < 4.78 is 11.5. The molecule has 0 spiro atoms. The molecular weight excluding hydrogens is 576 g/mol. The maximum absolute atomic E-state index is 13.8. The summed E-state index contributed by atoms with van der Waals surface area (Å²) in [5.74, 6) is 0.247. The van der Waals surface area contributed by atoms with Gasteiger partial charge in [-0.2, -0.15) is 0 Å². The van der Waals surface area contributed by atoms with Crippen molar-refractivity contribution in [2.45, 2.75) is 39.8 Å². The summed E-state index contributed by atoms with van der Waals surface area (Å²) in [7, 11) is 1.69. The van der Waals surface area contributed by atoms with E-state index in [2.05, 4.69) is 21.1 Å². The standard InChI is InChI=1S/C33H38N6O6/c1-19-16-39(20(2)18-40)31(41)26-15-24(34-32(42)36-30-21(3)37-45-22(30)4)13-14-28(26)44-29(19)17-38(5)33(43)35-27-12-8-10-23-9-6-7-11-25(23)27/h6-15,19-20,29,40H,16-18H2,1-5H3,(H,35,43)(H2,34,36,42)/t19-,20-,29-/m0/s1. The highest BCUT2D eigenvalue weighted by atomic mass is 16.5. The lowest BCUT2D eigenvalue weighted by Crippen LogP contribution is -2.50. The van der Waals surface area contributed by atoms with Gasteiger partial charge in [0, 0.05) is 30.6 Å². The third-order valence-corrected chi connectivity index (χ3v) is 8.03. The summed E-state index contributed by atoms with van der Waals surface area (Å²) in [6, 6.07) is 17.1. The first-order valence-corrected chi connectivity index (χ1v) is 14.8. The third-order valence-electron chi connectivity index (χ3n) is 8.03. The summed E-state index contributed by atoms with van der Waals surface area (Å²) in [5.41, 5.74) is 2.29. The highest BCUT2D eigenvalue weighted by molar-refractivity contribution is 6.03. The van der Waals surface area contributed by atoms with Crippen molar-refractivity contribution in [1.82, 2.24) is 15.0 Å². The van der Waals surface area contributed by atoms with Crippen LogP contribution in [-0.4, -0.2) is 76.9 Å². The molecule has 1 aliphatic rings. The second-order valence-electron chi connectivity index (χ2n) is 11.4. The van der Waals surface area contributed by atoms with E-state index in [9.17, 15) is 19.5 Å². The average Bonchev–Trinajstić information content (AvgIpc) is 3.34. The Hall–Kier alpha value is -5.10. The molecule has 1 aliphatic heterocycles. The first-order chi connectivity index (χ1) is 21.5. The van der Waals surface area contributed by atoms with Crippen LogP contribution in [0.2, 0.25) is 0 Å². The topological polar surface area (TPSA) is 149 Å².